The lowest BCUT2D eigenvalue weighted by Crippen LogP contribution is -2.25. The van der Waals surface area contributed by atoms with Crippen molar-refractivity contribution in [3.8, 4) is 11.5 Å². The van der Waals surface area contributed by atoms with Crippen LogP contribution in [-0.2, 0) is 13.1 Å². The average Bonchev–Trinajstić information content (AvgIpc) is 2.87. The van der Waals surface area contributed by atoms with Gasteiger partial charge in [0.15, 0.2) is 0 Å². The van der Waals surface area contributed by atoms with Gasteiger partial charge in [0.1, 0.15) is 11.5 Å². The summed E-state index contributed by atoms with van der Waals surface area (Å²) in [6, 6.07) is 23.1. The van der Waals surface area contributed by atoms with E-state index in [4.69, 9.17) is 4.74 Å². The van der Waals surface area contributed by atoms with Gasteiger partial charge in [-0.15, -0.1) is 0 Å². The molecule has 4 rings (SSSR count). The third kappa shape index (κ3) is 5.33. The molecular formula is C34H39NO. The zero-order chi connectivity index (χ0) is 26.0. The van der Waals surface area contributed by atoms with E-state index in [1.165, 1.54) is 61.3 Å². The van der Waals surface area contributed by atoms with Crippen molar-refractivity contribution >= 4 is 5.69 Å². The van der Waals surface area contributed by atoms with Crippen LogP contribution in [0.4, 0.5) is 5.69 Å². The minimum atomic E-state index is 0.849. The molecule has 2 nitrogen and oxygen atoms in total. The number of para-hydroxylation sites is 1. The van der Waals surface area contributed by atoms with E-state index in [2.05, 4.69) is 96.7 Å². The molecule has 0 aromatic heterocycles. The van der Waals surface area contributed by atoms with Gasteiger partial charge in [-0.1, -0.05) is 30.3 Å². The number of ether oxygens (including phenoxy) is 1. The molecule has 2 heteroatoms. The number of anilines is 1. The number of hydrogen-bond donors (Lipinski definition) is 0. The molecule has 0 atom stereocenters. The Bertz CT molecular complexity index is 1250. The van der Waals surface area contributed by atoms with Gasteiger partial charge in [-0.2, -0.15) is 0 Å². The Labute approximate surface area is 217 Å². The van der Waals surface area contributed by atoms with Crippen LogP contribution in [0.1, 0.15) is 55.6 Å². The lowest BCUT2D eigenvalue weighted by atomic mass is 9.92. The Morgan fingerprint density at radius 3 is 1.31 bits per heavy atom. The fraction of sp³-hybridized carbons (Fsp3) is 0.294. The van der Waals surface area contributed by atoms with Crippen LogP contribution in [0.2, 0.25) is 0 Å². The van der Waals surface area contributed by atoms with Crippen molar-refractivity contribution < 1.29 is 4.74 Å². The van der Waals surface area contributed by atoms with E-state index in [1.807, 2.05) is 30.3 Å². The second-order valence-electron chi connectivity index (χ2n) is 10.2. The molecule has 0 bridgehead atoms. The summed E-state index contributed by atoms with van der Waals surface area (Å²) in [5, 5.41) is 0. The highest BCUT2D eigenvalue weighted by atomic mass is 16.5. The predicted molar refractivity (Wildman–Crippen MR) is 154 cm³/mol. The van der Waals surface area contributed by atoms with Crippen LogP contribution in [0.15, 0.2) is 66.7 Å². The van der Waals surface area contributed by atoms with Crippen molar-refractivity contribution in [3.63, 3.8) is 0 Å². The second kappa shape index (κ2) is 10.6. The summed E-state index contributed by atoms with van der Waals surface area (Å²) in [5.41, 5.74) is 15.1. The lowest BCUT2D eigenvalue weighted by Gasteiger charge is -2.30. The summed E-state index contributed by atoms with van der Waals surface area (Å²) < 4.78 is 6.07. The molecular weight excluding hydrogens is 438 g/mol. The maximum absolute atomic E-state index is 6.07. The van der Waals surface area contributed by atoms with Crippen LogP contribution in [0.25, 0.3) is 0 Å². The Hall–Kier alpha value is -3.52. The second-order valence-corrected chi connectivity index (χ2v) is 10.2. The lowest BCUT2D eigenvalue weighted by molar-refractivity contribution is 0.482. The fourth-order valence-corrected chi connectivity index (χ4v) is 5.04. The largest absolute Gasteiger partial charge is 0.457 e. The zero-order valence-corrected chi connectivity index (χ0v) is 23.1. The van der Waals surface area contributed by atoms with Crippen LogP contribution in [0, 0.1) is 55.4 Å². The van der Waals surface area contributed by atoms with Gasteiger partial charge in [-0.3, -0.25) is 0 Å². The Morgan fingerprint density at radius 1 is 0.500 bits per heavy atom. The average molecular weight is 478 g/mol. The van der Waals surface area contributed by atoms with Crippen LogP contribution in [-0.4, -0.2) is 0 Å². The Morgan fingerprint density at radius 2 is 0.889 bits per heavy atom. The van der Waals surface area contributed by atoms with Crippen molar-refractivity contribution in [2.45, 2.75) is 68.5 Å². The first-order valence-corrected chi connectivity index (χ1v) is 12.9. The van der Waals surface area contributed by atoms with Gasteiger partial charge in [0, 0.05) is 18.8 Å². The van der Waals surface area contributed by atoms with Crippen molar-refractivity contribution in [1.29, 1.82) is 0 Å². The molecule has 0 radical (unpaired) electrons. The molecule has 4 aromatic rings. The molecule has 36 heavy (non-hydrogen) atoms. The molecule has 0 amide bonds. The van der Waals surface area contributed by atoms with Crippen LogP contribution >= 0.6 is 0 Å². The fourth-order valence-electron chi connectivity index (χ4n) is 5.04. The molecule has 186 valence electrons. The third-order valence-electron chi connectivity index (χ3n) is 7.92. The Kier molecular flexibility index (Phi) is 7.54. The standard InChI is InChI=1S/C34H39NO/c1-22-18-23(2)27(6)33(26(22)5)20-35(21-34-28(7)24(3)19-25(4)29(34)8)30-14-16-32(17-15-30)36-31-12-10-9-11-13-31/h9-19H,20-21H2,1-8H3. The minimum absolute atomic E-state index is 0.849. The number of hydrogen-bond acceptors (Lipinski definition) is 2. The molecule has 0 unspecified atom stereocenters. The molecule has 4 aromatic carbocycles. The molecule has 0 saturated heterocycles. The highest BCUT2D eigenvalue weighted by Crippen LogP contribution is 2.31. The van der Waals surface area contributed by atoms with Gasteiger partial charge in [-0.05, 0) is 147 Å². The highest BCUT2D eigenvalue weighted by molar-refractivity contribution is 5.55. The van der Waals surface area contributed by atoms with Gasteiger partial charge >= 0.3 is 0 Å². The smallest absolute Gasteiger partial charge is 0.127 e. The predicted octanol–water partition coefficient (Wildman–Crippen LogP) is 9.15. The van der Waals surface area contributed by atoms with Crippen molar-refractivity contribution in [3.05, 3.63) is 122 Å². The van der Waals surface area contributed by atoms with Crippen LogP contribution in [0.5, 0.6) is 11.5 Å². The summed E-state index contributed by atoms with van der Waals surface area (Å²) in [4.78, 5) is 2.52. The number of aryl methyl sites for hydroxylation is 4. The molecule has 0 fully saturated rings. The van der Waals surface area contributed by atoms with Gasteiger partial charge < -0.3 is 9.64 Å². The van der Waals surface area contributed by atoms with Gasteiger partial charge in [-0.25, -0.2) is 0 Å². The summed E-state index contributed by atoms with van der Waals surface area (Å²) >= 11 is 0. The quantitative estimate of drug-likeness (QED) is 0.263. The van der Waals surface area contributed by atoms with E-state index in [-0.39, 0.29) is 0 Å². The van der Waals surface area contributed by atoms with Gasteiger partial charge in [0.2, 0.25) is 0 Å². The van der Waals surface area contributed by atoms with E-state index in [1.54, 1.807) is 0 Å². The summed E-state index contributed by atoms with van der Waals surface area (Å²) in [6.45, 7) is 19.7. The van der Waals surface area contributed by atoms with Crippen molar-refractivity contribution in [2.75, 3.05) is 4.90 Å². The van der Waals surface area contributed by atoms with E-state index in [9.17, 15) is 0 Å². The van der Waals surface area contributed by atoms with Gasteiger partial charge in [0.25, 0.3) is 0 Å². The number of rotatable bonds is 7. The number of benzene rings is 4. The first kappa shape index (κ1) is 25.6. The van der Waals surface area contributed by atoms with E-state index >= 15 is 0 Å². The van der Waals surface area contributed by atoms with E-state index in [0.717, 1.165) is 24.6 Å². The first-order valence-electron chi connectivity index (χ1n) is 12.9. The third-order valence-corrected chi connectivity index (χ3v) is 7.92. The summed E-state index contributed by atoms with van der Waals surface area (Å²) in [5.74, 6) is 1.70. The molecule has 0 aliphatic heterocycles. The molecule has 0 aliphatic rings. The van der Waals surface area contributed by atoms with E-state index < -0.39 is 0 Å². The molecule has 0 N–H and O–H groups in total. The van der Waals surface area contributed by atoms with Crippen molar-refractivity contribution in [1.82, 2.24) is 0 Å². The molecule has 0 aliphatic carbocycles. The van der Waals surface area contributed by atoms with Crippen LogP contribution < -0.4 is 9.64 Å². The maximum Gasteiger partial charge on any atom is 0.127 e. The molecule has 0 heterocycles. The monoisotopic (exact) mass is 477 g/mol. The van der Waals surface area contributed by atoms with Crippen molar-refractivity contribution in [2.24, 2.45) is 0 Å². The normalized spacial score (nSPS) is 11.0. The molecule has 0 spiro atoms. The highest BCUT2D eigenvalue weighted by Gasteiger charge is 2.18. The maximum atomic E-state index is 6.07. The van der Waals surface area contributed by atoms with E-state index in [0.29, 0.717) is 0 Å². The van der Waals surface area contributed by atoms with Crippen LogP contribution in [0.3, 0.4) is 0 Å². The Balaban J connectivity index is 1.74. The topological polar surface area (TPSA) is 12.5 Å². The summed E-state index contributed by atoms with van der Waals surface area (Å²) in [6.07, 6.45) is 0. The number of nitrogens with zero attached hydrogens (tertiary/aromatic N) is 1. The molecule has 0 saturated carbocycles. The summed E-state index contributed by atoms with van der Waals surface area (Å²) in [7, 11) is 0. The van der Waals surface area contributed by atoms with Gasteiger partial charge in [0.05, 0.1) is 0 Å². The first-order chi connectivity index (χ1) is 17.2. The zero-order valence-electron chi connectivity index (χ0n) is 23.1. The SMILES string of the molecule is Cc1cc(C)c(C)c(CN(Cc2c(C)c(C)cc(C)c2C)c2ccc(Oc3ccccc3)cc2)c1C. The minimum Gasteiger partial charge on any atom is -0.457 e.